The molecule has 3 rings (SSSR count). The molecule has 2 aromatic heterocycles. The molecule has 7 heteroatoms. The minimum absolute atomic E-state index is 0.00719. The van der Waals surface area contributed by atoms with Crippen LogP contribution in [-0.2, 0) is 0 Å². The van der Waals surface area contributed by atoms with Gasteiger partial charge >= 0.3 is 11.7 Å². The number of benzene rings is 1. The fourth-order valence-corrected chi connectivity index (χ4v) is 3.29. The quantitative estimate of drug-likeness (QED) is 0.683. The molecule has 0 spiro atoms. The lowest BCUT2D eigenvalue weighted by molar-refractivity contribution is 0.258. The first kappa shape index (κ1) is 16.8. The van der Waals surface area contributed by atoms with Crippen LogP contribution in [-0.4, -0.2) is 18.2 Å². The maximum Gasteiger partial charge on any atom is 0.347 e. The minimum Gasteiger partial charge on any atom is -0.508 e. The number of hydrogen-bond acceptors (Lipinski definition) is 5. The van der Waals surface area contributed by atoms with Crippen LogP contribution in [0.5, 0.6) is 0 Å². The van der Waals surface area contributed by atoms with Crippen molar-refractivity contribution in [2.75, 3.05) is 17.3 Å². The van der Waals surface area contributed by atoms with Crippen LogP contribution in [0.2, 0.25) is 0 Å². The molecular formula is C18H16N2O4S. The number of thiophene rings is 1. The number of carbonyl (C=O) groups excluding carboxylic acids is 1. The maximum atomic E-state index is 12.4. The van der Waals surface area contributed by atoms with Crippen molar-refractivity contribution in [1.29, 1.82) is 0 Å². The summed E-state index contributed by atoms with van der Waals surface area (Å²) in [5.41, 5.74) is 1.43. The zero-order valence-electron chi connectivity index (χ0n) is 13.7. The van der Waals surface area contributed by atoms with Gasteiger partial charge in [0.25, 0.3) is 0 Å². The summed E-state index contributed by atoms with van der Waals surface area (Å²) in [4.78, 5) is 25.6. The Labute approximate surface area is 147 Å². The van der Waals surface area contributed by atoms with E-state index >= 15 is 0 Å². The van der Waals surface area contributed by atoms with Crippen LogP contribution in [0.4, 0.5) is 15.5 Å². The van der Waals surface area contributed by atoms with Gasteiger partial charge in [-0.3, -0.25) is 4.90 Å². The van der Waals surface area contributed by atoms with Gasteiger partial charge in [0.15, 0.2) is 5.58 Å². The van der Waals surface area contributed by atoms with E-state index in [9.17, 15) is 14.7 Å². The summed E-state index contributed by atoms with van der Waals surface area (Å²) >= 11 is 1.27. The fraction of sp³-hybridized carbons (Fsp3) is 0.111. The first-order valence-corrected chi connectivity index (χ1v) is 8.24. The smallest absolute Gasteiger partial charge is 0.347 e. The number of aliphatic hydroxyl groups is 1. The molecular weight excluding hydrogens is 340 g/mol. The van der Waals surface area contributed by atoms with Gasteiger partial charge < -0.3 is 14.8 Å². The highest BCUT2D eigenvalue weighted by atomic mass is 32.1. The Morgan fingerprint density at radius 2 is 2.08 bits per heavy atom. The second-order valence-electron chi connectivity index (χ2n) is 5.57. The summed E-state index contributed by atoms with van der Waals surface area (Å²) < 4.78 is 5.81. The number of aryl methyl sites for hydroxylation is 1. The van der Waals surface area contributed by atoms with Crippen molar-refractivity contribution in [3.8, 4) is 0 Å². The summed E-state index contributed by atoms with van der Waals surface area (Å²) in [6.45, 7) is 5.29. The van der Waals surface area contributed by atoms with Crippen LogP contribution in [0.15, 0.2) is 52.2 Å². The van der Waals surface area contributed by atoms with Crippen molar-refractivity contribution in [2.24, 2.45) is 0 Å². The zero-order chi connectivity index (χ0) is 18.1. The molecule has 0 unspecified atom stereocenters. The van der Waals surface area contributed by atoms with Gasteiger partial charge in [0, 0.05) is 18.8 Å². The largest absolute Gasteiger partial charge is 0.508 e. The number of carbonyl (C=O) groups is 1. The van der Waals surface area contributed by atoms with E-state index in [0.717, 1.165) is 5.56 Å². The Bertz CT molecular complexity index is 1030. The van der Waals surface area contributed by atoms with E-state index in [1.165, 1.54) is 22.3 Å². The van der Waals surface area contributed by atoms with Gasteiger partial charge in [0.2, 0.25) is 0 Å². The Morgan fingerprint density at radius 1 is 1.32 bits per heavy atom. The third-order valence-corrected chi connectivity index (χ3v) is 4.77. The molecule has 0 atom stereocenters. The summed E-state index contributed by atoms with van der Waals surface area (Å²) in [5.74, 6) is -0.351. The lowest BCUT2D eigenvalue weighted by Crippen LogP contribution is -2.30. The molecule has 25 heavy (non-hydrogen) atoms. The van der Waals surface area contributed by atoms with E-state index in [2.05, 4.69) is 11.9 Å². The van der Waals surface area contributed by atoms with Crippen molar-refractivity contribution in [3.63, 3.8) is 0 Å². The number of fused-ring (bicyclic) bond motifs is 1. The first-order chi connectivity index (χ1) is 11.8. The van der Waals surface area contributed by atoms with E-state index in [4.69, 9.17) is 4.42 Å². The summed E-state index contributed by atoms with van der Waals surface area (Å²) in [5, 5.41) is 12.8. The third-order valence-electron chi connectivity index (χ3n) is 3.63. The van der Waals surface area contributed by atoms with Gasteiger partial charge in [0.1, 0.15) is 16.3 Å². The molecule has 0 saturated carbocycles. The molecule has 3 aromatic rings. The van der Waals surface area contributed by atoms with Gasteiger partial charge in [-0.2, -0.15) is 0 Å². The maximum absolute atomic E-state index is 12.4. The monoisotopic (exact) mass is 356 g/mol. The Balaban J connectivity index is 1.88. The fourth-order valence-electron chi connectivity index (χ4n) is 2.30. The van der Waals surface area contributed by atoms with Gasteiger partial charge in [0.05, 0.1) is 4.70 Å². The molecule has 0 radical (unpaired) electrons. The second kappa shape index (κ2) is 6.45. The SMILES string of the molecule is C=C(O)c1cc2sc(N(C)C(=O)Nc3cccc(C)c3)cc2oc1=O. The van der Waals surface area contributed by atoms with Gasteiger partial charge in [-0.15, -0.1) is 11.3 Å². The van der Waals surface area contributed by atoms with E-state index < -0.39 is 5.63 Å². The molecule has 0 saturated heterocycles. The average molecular weight is 356 g/mol. The van der Waals surface area contributed by atoms with Gasteiger partial charge in [-0.05, 0) is 30.7 Å². The predicted octanol–water partition coefficient (Wildman–Crippen LogP) is 4.36. The molecule has 6 nitrogen and oxygen atoms in total. The number of rotatable bonds is 3. The van der Waals surface area contributed by atoms with Crippen molar-refractivity contribution < 1.29 is 14.3 Å². The second-order valence-corrected chi connectivity index (χ2v) is 6.63. The van der Waals surface area contributed by atoms with E-state index in [0.29, 0.717) is 21.0 Å². The number of nitrogens with one attached hydrogen (secondary N) is 1. The number of hydrogen-bond donors (Lipinski definition) is 2. The van der Waals surface area contributed by atoms with Crippen molar-refractivity contribution in [2.45, 2.75) is 6.92 Å². The summed E-state index contributed by atoms with van der Waals surface area (Å²) in [7, 11) is 1.62. The Morgan fingerprint density at radius 3 is 2.76 bits per heavy atom. The minimum atomic E-state index is -0.670. The number of urea groups is 1. The van der Waals surface area contributed by atoms with Crippen LogP contribution in [0.25, 0.3) is 16.0 Å². The van der Waals surface area contributed by atoms with E-state index in [1.807, 2.05) is 31.2 Å². The molecule has 128 valence electrons. The van der Waals surface area contributed by atoms with Crippen molar-refractivity contribution in [3.05, 3.63) is 64.5 Å². The normalized spacial score (nSPS) is 10.6. The summed E-state index contributed by atoms with van der Waals surface area (Å²) in [6.07, 6.45) is 0. The highest BCUT2D eigenvalue weighted by Gasteiger charge is 2.17. The third kappa shape index (κ3) is 3.41. The number of anilines is 2. The molecule has 2 amide bonds. The van der Waals surface area contributed by atoms with Crippen LogP contribution in [0, 0.1) is 6.92 Å². The predicted molar refractivity (Wildman–Crippen MR) is 101 cm³/mol. The molecule has 0 aliphatic rings. The lowest BCUT2D eigenvalue weighted by atomic mass is 10.2. The standard InChI is InChI=1S/C18H16N2O4S/c1-10-5-4-6-12(7-10)19-18(23)20(3)16-9-14-15(25-16)8-13(11(2)21)17(22)24-14/h4-9,21H,2H2,1,3H3,(H,19,23). The number of aliphatic hydroxyl groups excluding tert-OH is 1. The molecule has 0 aliphatic heterocycles. The molecule has 1 aromatic carbocycles. The first-order valence-electron chi connectivity index (χ1n) is 7.42. The van der Waals surface area contributed by atoms with Crippen LogP contribution >= 0.6 is 11.3 Å². The van der Waals surface area contributed by atoms with Gasteiger partial charge in [-0.1, -0.05) is 18.7 Å². The number of nitrogens with zero attached hydrogens (tertiary/aromatic N) is 1. The molecule has 2 N–H and O–H groups in total. The lowest BCUT2D eigenvalue weighted by Gasteiger charge is -2.16. The molecule has 0 aliphatic carbocycles. The van der Waals surface area contributed by atoms with Crippen molar-refractivity contribution in [1.82, 2.24) is 0 Å². The topological polar surface area (TPSA) is 82.8 Å². The summed E-state index contributed by atoms with van der Waals surface area (Å²) in [6, 6.07) is 10.3. The Kier molecular flexibility index (Phi) is 4.33. The zero-order valence-corrected chi connectivity index (χ0v) is 14.5. The average Bonchev–Trinajstić information content (AvgIpc) is 2.95. The van der Waals surface area contributed by atoms with Crippen LogP contribution in [0.3, 0.4) is 0 Å². The van der Waals surface area contributed by atoms with Crippen LogP contribution < -0.4 is 15.8 Å². The van der Waals surface area contributed by atoms with Crippen molar-refractivity contribution >= 4 is 44.1 Å². The highest BCUT2D eigenvalue weighted by molar-refractivity contribution is 7.22. The molecule has 0 bridgehead atoms. The van der Waals surface area contributed by atoms with E-state index in [1.54, 1.807) is 13.1 Å². The molecule has 0 fully saturated rings. The van der Waals surface area contributed by atoms with Crippen LogP contribution in [0.1, 0.15) is 11.1 Å². The van der Waals surface area contributed by atoms with Gasteiger partial charge in [-0.25, -0.2) is 9.59 Å². The van der Waals surface area contributed by atoms with E-state index in [-0.39, 0.29) is 17.4 Å². The molecule has 2 heterocycles. The Hall–Kier alpha value is -3.06. The number of amides is 2. The highest BCUT2D eigenvalue weighted by Crippen LogP contribution is 2.32.